The highest BCUT2D eigenvalue weighted by molar-refractivity contribution is 5.78. The molecule has 0 saturated heterocycles. The highest BCUT2D eigenvalue weighted by atomic mass is 16.5. The Bertz CT molecular complexity index is 831. The smallest absolute Gasteiger partial charge is 0.275 e. The van der Waals surface area contributed by atoms with Crippen LogP contribution in [0.2, 0.25) is 0 Å². The van der Waals surface area contributed by atoms with Crippen molar-refractivity contribution in [2.24, 2.45) is 0 Å². The molecule has 3 aromatic rings. The van der Waals surface area contributed by atoms with Gasteiger partial charge in [0.1, 0.15) is 12.1 Å². The van der Waals surface area contributed by atoms with E-state index in [4.69, 9.17) is 9.26 Å². The molecule has 0 fully saturated rings. The van der Waals surface area contributed by atoms with Crippen LogP contribution in [0.3, 0.4) is 0 Å². The predicted molar refractivity (Wildman–Crippen MR) is 80.9 cm³/mol. The average molecular weight is 302 g/mol. The van der Waals surface area contributed by atoms with Gasteiger partial charge in [-0.25, -0.2) is 0 Å². The van der Waals surface area contributed by atoms with Crippen LogP contribution in [0.1, 0.15) is 18.6 Å². The van der Waals surface area contributed by atoms with E-state index in [0.29, 0.717) is 30.3 Å². The van der Waals surface area contributed by atoms with Crippen molar-refractivity contribution in [3.8, 4) is 0 Å². The summed E-state index contributed by atoms with van der Waals surface area (Å²) in [4.78, 5) is 16.9. The number of fused-ring (bicyclic) bond motifs is 1. The first-order chi connectivity index (χ1) is 10.7. The SMILES string of the molecule is CCn1ccc2ccn(Cc3nc(CCOC)no3)c(=O)c21. The van der Waals surface area contributed by atoms with Crippen LogP contribution in [0.4, 0.5) is 0 Å². The first-order valence-corrected chi connectivity index (χ1v) is 7.21. The second-order valence-electron chi connectivity index (χ2n) is 5.00. The normalized spacial score (nSPS) is 11.4. The van der Waals surface area contributed by atoms with Crippen molar-refractivity contribution < 1.29 is 9.26 Å². The second-order valence-corrected chi connectivity index (χ2v) is 5.00. The number of aromatic nitrogens is 4. The van der Waals surface area contributed by atoms with Gasteiger partial charge in [-0.15, -0.1) is 0 Å². The van der Waals surface area contributed by atoms with E-state index in [1.807, 2.05) is 29.8 Å². The van der Waals surface area contributed by atoms with Gasteiger partial charge in [-0.1, -0.05) is 5.16 Å². The topological polar surface area (TPSA) is 75.1 Å². The minimum absolute atomic E-state index is 0.0546. The van der Waals surface area contributed by atoms with Gasteiger partial charge >= 0.3 is 0 Å². The number of nitrogens with zero attached hydrogens (tertiary/aromatic N) is 4. The van der Waals surface area contributed by atoms with Crippen molar-refractivity contribution in [2.45, 2.75) is 26.4 Å². The Kier molecular flexibility index (Phi) is 4.06. The molecule has 7 nitrogen and oxygen atoms in total. The number of hydrogen-bond acceptors (Lipinski definition) is 5. The van der Waals surface area contributed by atoms with Crippen LogP contribution in [0, 0.1) is 0 Å². The molecule has 0 aliphatic heterocycles. The molecule has 116 valence electrons. The minimum Gasteiger partial charge on any atom is -0.384 e. The molecule has 0 N–H and O–H groups in total. The minimum atomic E-state index is -0.0546. The highest BCUT2D eigenvalue weighted by Gasteiger charge is 2.11. The molecule has 0 spiro atoms. The average Bonchev–Trinajstić information content (AvgIpc) is 3.14. The number of hydrogen-bond donors (Lipinski definition) is 0. The van der Waals surface area contributed by atoms with Gasteiger partial charge in [-0.05, 0) is 19.1 Å². The third-order valence-electron chi connectivity index (χ3n) is 3.58. The van der Waals surface area contributed by atoms with Gasteiger partial charge in [-0.2, -0.15) is 4.98 Å². The molecule has 0 aliphatic rings. The molecule has 0 atom stereocenters. The maximum absolute atomic E-state index is 12.6. The maximum atomic E-state index is 12.6. The molecule has 7 heteroatoms. The third-order valence-corrected chi connectivity index (χ3v) is 3.58. The Balaban J connectivity index is 1.89. The van der Waals surface area contributed by atoms with Gasteiger partial charge < -0.3 is 18.4 Å². The van der Waals surface area contributed by atoms with E-state index < -0.39 is 0 Å². The lowest BCUT2D eigenvalue weighted by molar-refractivity contribution is 0.199. The molecule has 0 aromatic carbocycles. The Morgan fingerprint density at radius 1 is 1.27 bits per heavy atom. The molecule has 0 bridgehead atoms. The quantitative estimate of drug-likeness (QED) is 0.689. The van der Waals surface area contributed by atoms with Gasteiger partial charge in [0.25, 0.3) is 5.56 Å². The van der Waals surface area contributed by atoms with Crippen LogP contribution < -0.4 is 5.56 Å². The maximum Gasteiger partial charge on any atom is 0.275 e. The molecule has 0 unspecified atom stereocenters. The zero-order valence-corrected chi connectivity index (χ0v) is 12.7. The first-order valence-electron chi connectivity index (χ1n) is 7.21. The molecule has 0 saturated carbocycles. The molecule has 0 aliphatic carbocycles. The number of aryl methyl sites for hydroxylation is 1. The summed E-state index contributed by atoms with van der Waals surface area (Å²) in [5.41, 5.74) is 0.644. The fourth-order valence-electron chi connectivity index (χ4n) is 2.43. The van der Waals surface area contributed by atoms with E-state index in [0.717, 1.165) is 11.9 Å². The Hall–Kier alpha value is -2.41. The molecule has 3 heterocycles. The third kappa shape index (κ3) is 2.67. The molecule has 0 amide bonds. The standard InChI is InChI=1S/C15H18N4O3/c1-3-18-7-4-11-5-8-19(15(20)14(11)18)10-13-16-12(17-22-13)6-9-21-2/h4-5,7-8H,3,6,9-10H2,1-2H3. The van der Waals surface area contributed by atoms with Crippen LogP contribution in [0.5, 0.6) is 0 Å². The fourth-order valence-corrected chi connectivity index (χ4v) is 2.43. The number of rotatable bonds is 6. The van der Waals surface area contributed by atoms with E-state index in [1.54, 1.807) is 17.9 Å². The number of ether oxygens (including phenoxy) is 1. The first kappa shape index (κ1) is 14.5. The summed E-state index contributed by atoms with van der Waals surface area (Å²) in [6.45, 7) is 3.57. The van der Waals surface area contributed by atoms with E-state index in [9.17, 15) is 4.79 Å². The summed E-state index contributed by atoms with van der Waals surface area (Å²) in [5.74, 6) is 1.00. The zero-order valence-electron chi connectivity index (χ0n) is 12.7. The molecular formula is C15H18N4O3. The lowest BCUT2D eigenvalue weighted by Gasteiger charge is -2.04. The van der Waals surface area contributed by atoms with Crippen molar-refractivity contribution in [1.29, 1.82) is 0 Å². The lowest BCUT2D eigenvalue weighted by Crippen LogP contribution is -2.22. The molecule has 0 radical (unpaired) electrons. The van der Waals surface area contributed by atoms with Gasteiger partial charge in [0.05, 0.1) is 6.61 Å². The van der Waals surface area contributed by atoms with E-state index in [-0.39, 0.29) is 12.1 Å². The van der Waals surface area contributed by atoms with E-state index in [1.165, 1.54) is 0 Å². The van der Waals surface area contributed by atoms with Crippen molar-refractivity contribution >= 4 is 10.9 Å². The van der Waals surface area contributed by atoms with E-state index >= 15 is 0 Å². The molecule has 3 rings (SSSR count). The van der Waals surface area contributed by atoms with Crippen molar-refractivity contribution in [3.63, 3.8) is 0 Å². The largest absolute Gasteiger partial charge is 0.384 e. The van der Waals surface area contributed by atoms with Crippen LogP contribution in [-0.4, -0.2) is 33.0 Å². The number of pyridine rings is 1. The van der Waals surface area contributed by atoms with Crippen LogP contribution in [0.15, 0.2) is 33.8 Å². The van der Waals surface area contributed by atoms with Gasteiger partial charge in [0.2, 0.25) is 5.89 Å². The predicted octanol–water partition coefficient (Wildman–Crippen LogP) is 1.44. The second kappa shape index (κ2) is 6.15. The summed E-state index contributed by atoms with van der Waals surface area (Å²) >= 11 is 0. The van der Waals surface area contributed by atoms with Crippen LogP contribution in [0.25, 0.3) is 10.9 Å². The van der Waals surface area contributed by atoms with Crippen molar-refractivity contribution in [1.82, 2.24) is 19.3 Å². The highest BCUT2D eigenvalue weighted by Crippen LogP contribution is 2.11. The summed E-state index contributed by atoms with van der Waals surface area (Å²) in [6, 6.07) is 3.87. The summed E-state index contributed by atoms with van der Waals surface area (Å²) in [7, 11) is 1.62. The Labute approximate surface area is 127 Å². The summed E-state index contributed by atoms with van der Waals surface area (Å²) < 4.78 is 13.7. The molecular weight excluding hydrogens is 284 g/mol. The van der Waals surface area contributed by atoms with Gasteiger partial charge in [-0.3, -0.25) is 4.79 Å². The van der Waals surface area contributed by atoms with Crippen molar-refractivity contribution in [3.05, 3.63) is 46.6 Å². The fraction of sp³-hybridized carbons (Fsp3) is 0.400. The van der Waals surface area contributed by atoms with Crippen molar-refractivity contribution in [2.75, 3.05) is 13.7 Å². The van der Waals surface area contributed by atoms with Crippen LogP contribution >= 0.6 is 0 Å². The zero-order chi connectivity index (χ0) is 15.5. The molecule has 22 heavy (non-hydrogen) atoms. The summed E-state index contributed by atoms with van der Waals surface area (Å²) in [6.07, 6.45) is 4.27. The lowest BCUT2D eigenvalue weighted by atomic mass is 10.3. The number of methoxy groups -OCH3 is 1. The van der Waals surface area contributed by atoms with E-state index in [2.05, 4.69) is 10.1 Å². The van der Waals surface area contributed by atoms with Gasteiger partial charge in [0, 0.05) is 37.9 Å². The Morgan fingerprint density at radius 2 is 2.05 bits per heavy atom. The molecule has 3 aromatic heterocycles. The Morgan fingerprint density at radius 3 is 2.77 bits per heavy atom. The van der Waals surface area contributed by atoms with Gasteiger partial charge in [0.15, 0.2) is 5.82 Å². The van der Waals surface area contributed by atoms with Crippen LogP contribution in [-0.2, 0) is 24.2 Å². The monoisotopic (exact) mass is 302 g/mol. The summed E-state index contributed by atoms with van der Waals surface area (Å²) in [5, 5.41) is 4.82.